The molecule has 0 bridgehead atoms. The molecule has 35 heavy (non-hydrogen) atoms. The lowest BCUT2D eigenvalue weighted by atomic mass is 10.2. The van der Waals surface area contributed by atoms with Crippen LogP contribution in [0.25, 0.3) is 22.1 Å². The Morgan fingerprint density at radius 3 is 1.77 bits per heavy atom. The topological polar surface area (TPSA) is 197 Å². The molecule has 0 aromatic carbocycles. The minimum absolute atomic E-state index is 0.0436. The summed E-state index contributed by atoms with van der Waals surface area (Å²) in [7, 11) is 0. The number of alkyl halides is 3. The van der Waals surface area contributed by atoms with Crippen molar-refractivity contribution in [2.75, 3.05) is 11.5 Å². The molecule has 4 aromatic heterocycles. The Hall–Kier alpha value is -4.37. The predicted molar refractivity (Wildman–Crippen MR) is 122 cm³/mol. The van der Waals surface area contributed by atoms with Gasteiger partial charge in [0.25, 0.3) is 11.1 Å². The molecule has 6 N–H and O–H groups in total. The van der Waals surface area contributed by atoms with Crippen molar-refractivity contribution < 1.29 is 18.1 Å². The lowest BCUT2D eigenvalue weighted by molar-refractivity contribution is -0.383. The Morgan fingerprint density at radius 2 is 1.34 bits per heavy atom. The van der Waals surface area contributed by atoms with Gasteiger partial charge in [-0.2, -0.15) is 23.1 Å². The van der Waals surface area contributed by atoms with E-state index in [1.165, 1.54) is 10.8 Å². The Kier molecular flexibility index (Phi) is 6.33. The van der Waals surface area contributed by atoms with Crippen molar-refractivity contribution in [1.29, 1.82) is 0 Å². The molecule has 0 saturated heterocycles. The van der Waals surface area contributed by atoms with Crippen LogP contribution in [0.2, 0.25) is 0 Å². The van der Waals surface area contributed by atoms with Crippen LogP contribution in [0.5, 0.6) is 0 Å². The summed E-state index contributed by atoms with van der Waals surface area (Å²) in [6.45, 7) is 7.06. The largest absolute Gasteiger partial charge is 0.418 e. The number of hydrogen-bond donors (Lipinski definition) is 4. The molecular weight excluding hydrogens is 475 g/mol. The Morgan fingerprint density at radius 1 is 0.914 bits per heavy atom. The number of rotatable bonds is 3. The SMILES string of the molecule is CC(C)n1cc(C(F)(F)F)c2c(=O)[nH]c(N)nc21.CC(C)n1cc([N+](=O)[O-])c2c(=O)[nH]c(N)nc21. The summed E-state index contributed by atoms with van der Waals surface area (Å²) in [6.07, 6.45) is -2.42. The number of hydrogen-bond acceptors (Lipinski definition) is 8. The van der Waals surface area contributed by atoms with Gasteiger partial charge in [0, 0.05) is 18.3 Å². The molecule has 0 fully saturated rings. The molecule has 0 saturated carbocycles. The number of nitrogen functional groups attached to an aromatic ring is 2. The zero-order valence-electron chi connectivity index (χ0n) is 19.0. The zero-order valence-corrected chi connectivity index (χ0v) is 19.0. The molecule has 0 aliphatic heterocycles. The summed E-state index contributed by atoms with van der Waals surface area (Å²) in [6, 6.07) is -0.322. The standard InChI is InChI=1S/C10H11F3N4O.C9H11N5O3/c1-4(2)17-3-5(10(11,12)13)6-7(17)15-9(14)16-8(6)18;1-4(2)13-3-5(14(16)17)6-7(13)11-9(10)12-8(6)15/h3-4H,1-2H3,(H3,14,15,16,18);3-4H,1-2H3,(H3,10,11,12,15). The van der Waals surface area contributed by atoms with Gasteiger partial charge < -0.3 is 20.6 Å². The molecule has 0 spiro atoms. The average Bonchev–Trinajstić information content (AvgIpc) is 3.27. The third-order valence-corrected chi connectivity index (χ3v) is 5.00. The fraction of sp³-hybridized carbons (Fsp3) is 0.368. The summed E-state index contributed by atoms with van der Waals surface area (Å²) in [5, 5.41) is 10.3. The van der Waals surface area contributed by atoms with Gasteiger partial charge in [0.1, 0.15) is 5.65 Å². The van der Waals surface area contributed by atoms with Crippen LogP contribution in [-0.2, 0) is 6.18 Å². The first-order chi connectivity index (χ1) is 16.1. The second kappa shape index (κ2) is 8.77. The highest BCUT2D eigenvalue weighted by Crippen LogP contribution is 2.35. The number of nitrogens with one attached hydrogen (secondary N) is 2. The molecule has 0 amide bonds. The third kappa shape index (κ3) is 4.67. The van der Waals surface area contributed by atoms with Crippen LogP contribution >= 0.6 is 0 Å². The molecule has 16 heteroatoms. The Labute approximate surface area is 193 Å². The highest BCUT2D eigenvalue weighted by Gasteiger charge is 2.36. The number of nitrogens with two attached hydrogens (primary N) is 2. The van der Waals surface area contributed by atoms with Crippen LogP contribution in [0, 0.1) is 10.1 Å². The molecule has 0 atom stereocenters. The van der Waals surface area contributed by atoms with E-state index in [1.54, 1.807) is 18.4 Å². The number of nitrogens with zero attached hydrogens (tertiary/aromatic N) is 5. The number of anilines is 2. The van der Waals surface area contributed by atoms with Gasteiger partial charge in [-0.15, -0.1) is 0 Å². The van der Waals surface area contributed by atoms with Crippen LogP contribution in [0.4, 0.5) is 30.8 Å². The lowest BCUT2D eigenvalue weighted by Crippen LogP contribution is -2.15. The van der Waals surface area contributed by atoms with Crippen LogP contribution in [0.1, 0.15) is 45.3 Å². The van der Waals surface area contributed by atoms with E-state index < -0.39 is 33.2 Å². The molecule has 4 heterocycles. The van der Waals surface area contributed by atoms with E-state index in [2.05, 4.69) is 19.9 Å². The smallest absolute Gasteiger partial charge is 0.369 e. The normalized spacial score (nSPS) is 11.9. The van der Waals surface area contributed by atoms with E-state index >= 15 is 0 Å². The molecule has 4 rings (SSSR count). The summed E-state index contributed by atoms with van der Waals surface area (Å²) in [4.78, 5) is 45.6. The highest BCUT2D eigenvalue weighted by molar-refractivity contribution is 5.86. The van der Waals surface area contributed by atoms with E-state index in [9.17, 15) is 32.9 Å². The first-order valence-corrected chi connectivity index (χ1v) is 10.2. The van der Waals surface area contributed by atoms with Crippen molar-refractivity contribution >= 4 is 39.7 Å². The van der Waals surface area contributed by atoms with Crippen molar-refractivity contribution in [3.8, 4) is 0 Å². The minimum atomic E-state index is -4.61. The lowest BCUT2D eigenvalue weighted by Gasteiger charge is -2.07. The number of H-pyrrole nitrogens is 2. The molecule has 0 unspecified atom stereocenters. The Bertz CT molecular complexity index is 1540. The average molecular weight is 497 g/mol. The number of nitro groups is 1. The number of aromatic nitrogens is 6. The van der Waals surface area contributed by atoms with Gasteiger partial charge in [0.05, 0.1) is 22.1 Å². The van der Waals surface area contributed by atoms with Crippen molar-refractivity contribution in [3.05, 3.63) is 48.8 Å². The van der Waals surface area contributed by atoms with Gasteiger partial charge in [-0.3, -0.25) is 29.7 Å². The minimum Gasteiger partial charge on any atom is -0.369 e. The van der Waals surface area contributed by atoms with Crippen molar-refractivity contribution in [2.45, 2.75) is 46.0 Å². The molecule has 13 nitrogen and oxygen atoms in total. The molecular formula is C19H22F3N9O4. The first kappa shape index (κ1) is 25.3. The second-order valence-electron chi connectivity index (χ2n) is 8.11. The molecule has 188 valence electrons. The van der Waals surface area contributed by atoms with Gasteiger partial charge in [-0.25, -0.2) is 0 Å². The second-order valence-corrected chi connectivity index (χ2v) is 8.11. The van der Waals surface area contributed by atoms with Crippen LogP contribution < -0.4 is 22.6 Å². The monoisotopic (exact) mass is 497 g/mol. The quantitative estimate of drug-likeness (QED) is 0.245. The van der Waals surface area contributed by atoms with E-state index in [-0.39, 0.29) is 46.3 Å². The predicted octanol–water partition coefficient (Wildman–Crippen LogP) is 2.70. The molecule has 0 radical (unpaired) electrons. The highest BCUT2D eigenvalue weighted by atomic mass is 19.4. The number of aromatic amines is 2. The van der Waals surface area contributed by atoms with Crippen LogP contribution in [0.15, 0.2) is 22.0 Å². The summed E-state index contributed by atoms with van der Waals surface area (Å²) >= 11 is 0. The van der Waals surface area contributed by atoms with Gasteiger partial charge in [0.2, 0.25) is 11.9 Å². The van der Waals surface area contributed by atoms with Gasteiger partial charge in [-0.1, -0.05) is 0 Å². The van der Waals surface area contributed by atoms with Gasteiger partial charge >= 0.3 is 11.9 Å². The van der Waals surface area contributed by atoms with Crippen LogP contribution in [0.3, 0.4) is 0 Å². The van der Waals surface area contributed by atoms with Crippen LogP contribution in [-0.4, -0.2) is 34.0 Å². The van der Waals surface area contributed by atoms with Crippen molar-refractivity contribution in [2.24, 2.45) is 0 Å². The zero-order chi connectivity index (χ0) is 26.4. The van der Waals surface area contributed by atoms with Gasteiger partial charge in [0.15, 0.2) is 11.0 Å². The van der Waals surface area contributed by atoms with E-state index in [0.29, 0.717) is 0 Å². The molecule has 0 aliphatic carbocycles. The number of fused-ring (bicyclic) bond motifs is 2. The maximum atomic E-state index is 12.8. The maximum absolute atomic E-state index is 12.8. The number of halogens is 3. The summed E-state index contributed by atoms with van der Waals surface area (Å²) < 4.78 is 41.4. The summed E-state index contributed by atoms with van der Waals surface area (Å²) in [5.41, 5.74) is 8.21. The molecule has 0 aliphatic rings. The van der Waals surface area contributed by atoms with Gasteiger partial charge in [-0.05, 0) is 27.7 Å². The van der Waals surface area contributed by atoms with E-state index in [1.807, 2.05) is 13.8 Å². The molecule has 4 aromatic rings. The third-order valence-electron chi connectivity index (χ3n) is 5.00. The van der Waals surface area contributed by atoms with E-state index in [0.717, 1.165) is 6.20 Å². The first-order valence-electron chi connectivity index (χ1n) is 10.2. The fourth-order valence-corrected chi connectivity index (χ4v) is 3.47. The fourth-order valence-electron chi connectivity index (χ4n) is 3.47. The van der Waals surface area contributed by atoms with E-state index in [4.69, 9.17) is 11.5 Å². The Balaban J connectivity index is 0.000000196. The maximum Gasteiger partial charge on any atom is 0.418 e. The summed E-state index contributed by atoms with van der Waals surface area (Å²) in [5.74, 6) is -0.265. The van der Waals surface area contributed by atoms with Crippen molar-refractivity contribution in [3.63, 3.8) is 0 Å². The van der Waals surface area contributed by atoms with Crippen molar-refractivity contribution in [1.82, 2.24) is 29.1 Å².